The predicted molar refractivity (Wildman–Crippen MR) is 121 cm³/mol. The van der Waals surface area contributed by atoms with E-state index in [2.05, 4.69) is 5.10 Å². The molecule has 0 spiro atoms. The molecule has 1 aliphatic rings. The standard InChI is InChI=1S/C22H22ClFN4O2S/c1-26(2)22(30)18-12-16-17(23)11-15(20(24)21(16)31-18)14-5-3-8-27(13-14)19(29)6-10-28-9-4-7-25-28/h4-5,7,9,11-12H,3,6,8,10,13H2,1-2H3. The van der Waals surface area contributed by atoms with Crippen LogP contribution in [-0.4, -0.2) is 58.6 Å². The summed E-state index contributed by atoms with van der Waals surface area (Å²) in [6.07, 6.45) is 6.43. The average molecular weight is 461 g/mol. The normalized spacial score (nSPS) is 14.1. The molecule has 0 saturated heterocycles. The van der Waals surface area contributed by atoms with Crippen LogP contribution in [-0.2, 0) is 11.3 Å². The van der Waals surface area contributed by atoms with Crippen LogP contribution < -0.4 is 0 Å². The molecule has 4 rings (SSSR count). The number of aryl methyl sites for hydroxylation is 1. The Bertz CT molecular complexity index is 1170. The molecule has 0 bridgehead atoms. The molecule has 1 aliphatic heterocycles. The van der Waals surface area contributed by atoms with E-state index in [1.807, 2.05) is 18.3 Å². The molecule has 3 aromatic rings. The number of thiophene rings is 1. The van der Waals surface area contributed by atoms with Gasteiger partial charge in [-0.1, -0.05) is 17.7 Å². The van der Waals surface area contributed by atoms with E-state index in [4.69, 9.17) is 11.6 Å². The van der Waals surface area contributed by atoms with Crippen molar-refractivity contribution in [3.05, 3.63) is 57.9 Å². The molecular formula is C22H22ClFN4O2S. The molecule has 0 unspecified atom stereocenters. The summed E-state index contributed by atoms with van der Waals surface area (Å²) in [5, 5.41) is 5.04. The van der Waals surface area contributed by atoms with Crippen molar-refractivity contribution in [1.29, 1.82) is 0 Å². The van der Waals surface area contributed by atoms with Crippen LogP contribution in [0.5, 0.6) is 0 Å². The first kappa shape index (κ1) is 21.5. The lowest BCUT2D eigenvalue weighted by molar-refractivity contribution is -0.131. The van der Waals surface area contributed by atoms with Crippen LogP contribution in [0.1, 0.15) is 28.1 Å². The zero-order chi connectivity index (χ0) is 22.1. The Labute approximate surface area is 188 Å². The minimum absolute atomic E-state index is 0.00340. The summed E-state index contributed by atoms with van der Waals surface area (Å²) < 4.78 is 17.5. The Balaban J connectivity index is 1.57. The van der Waals surface area contributed by atoms with E-state index in [0.717, 1.165) is 16.9 Å². The maximum Gasteiger partial charge on any atom is 0.263 e. The van der Waals surface area contributed by atoms with Gasteiger partial charge in [-0.15, -0.1) is 11.3 Å². The van der Waals surface area contributed by atoms with Crippen molar-refractivity contribution in [2.75, 3.05) is 27.2 Å². The number of rotatable bonds is 5. The zero-order valence-corrected chi connectivity index (χ0v) is 18.8. The van der Waals surface area contributed by atoms with Crippen LogP contribution in [0.3, 0.4) is 0 Å². The van der Waals surface area contributed by atoms with E-state index in [0.29, 0.717) is 58.0 Å². The number of aromatic nitrogens is 2. The number of hydrogen-bond acceptors (Lipinski definition) is 4. The number of hydrogen-bond donors (Lipinski definition) is 0. The number of amides is 2. The third kappa shape index (κ3) is 4.36. The van der Waals surface area contributed by atoms with Crippen LogP contribution in [0, 0.1) is 5.82 Å². The summed E-state index contributed by atoms with van der Waals surface area (Å²) in [4.78, 5) is 28.6. The third-order valence-corrected chi connectivity index (χ3v) is 6.71. The topological polar surface area (TPSA) is 58.4 Å². The molecule has 3 heterocycles. The molecule has 0 atom stereocenters. The van der Waals surface area contributed by atoms with Crippen molar-refractivity contribution in [3.8, 4) is 0 Å². The van der Waals surface area contributed by atoms with Crippen molar-refractivity contribution < 1.29 is 14.0 Å². The lowest BCUT2D eigenvalue weighted by Crippen LogP contribution is -2.36. The molecule has 162 valence electrons. The van der Waals surface area contributed by atoms with Crippen molar-refractivity contribution >= 4 is 50.4 Å². The average Bonchev–Trinajstić information content (AvgIpc) is 3.44. The van der Waals surface area contributed by atoms with E-state index >= 15 is 4.39 Å². The summed E-state index contributed by atoms with van der Waals surface area (Å²) in [5.41, 5.74) is 1.11. The number of nitrogens with zero attached hydrogens (tertiary/aromatic N) is 4. The number of carbonyl (C=O) groups is 2. The van der Waals surface area contributed by atoms with Gasteiger partial charge >= 0.3 is 0 Å². The fourth-order valence-corrected chi connectivity index (χ4v) is 5.09. The van der Waals surface area contributed by atoms with Gasteiger partial charge in [-0.2, -0.15) is 5.10 Å². The third-order valence-electron chi connectivity index (χ3n) is 5.28. The van der Waals surface area contributed by atoms with Crippen molar-refractivity contribution in [1.82, 2.24) is 19.6 Å². The zero-order valence-electron chi connectivity index (χ0n) is 17.3. The van der Waals surface area contributed by atoms with Gasteiger partial charge in [-0.25, -0.2) is 4.39 Å². The lowest BCUT2D eigenvalue weighted by atomic mass is 9.99. The quantitative estimate of drug-likeness (QED) is 0.570. The second-order valence-electron chi connectivity index (χ2n) is 7.63. The van der Waals surface area contributed by atoms with E-state index in [1.165, 1.54) is 4.90 Å². The molecule has 0 saturated carbocycles. The van der Waals surface area contributed by atoms with Gasteiger partial charge in [0.1, 0.15) is 5.82 Å². The predicted octanol–water partition coefficient (Wildman–Crippen LogP) is 4.30. The second kappa shape index (κ2) is 8.80. The highest BCUT2D eigenvalue weighted by Gasteiger charge is 2.24. The fraction of sp³-hybridized carbons (Fsp3) is 0.318. The maximum absolute atomic E-state index is 15.4. The molecule has 0 fully saturated rings. The Kier molecular flexibility index (Phi) is 6.11. The van der Waals surface area contributed by atoms with Crippen molar-refractivity contribution in [2.24, 2.45) is 0 Å². The highest BCUT2D eigenvalue weighted by molar-refractivity contribution is 7.21. The van der Waals surface area contributed by atoms with Crippen LogP contribution in [0.4, 0.5) is 4.39 Å². The van der Waals surface area contributed by atoms with E-state index in [1.54, 1.807) is 42.0 Å². The monoisotopic (exact) mass is 460 g/mol. The summed E-state index contributed by atoms with van der Waals surface area (Å²) >= 11 is 7.55. The fourth-order valence-electron chi connectivity index (χ4n) is 3.63. The molecule has 0 aliphatic carbocycles. The van der Waals surface area contributed by atoms with Crippen LogP contribution in [0.2, 0.25) is 5.02 Å². The SMILES string of the molecule is CN(C)C(=O)c1cc2c(Cl)cc(C3=CCCN(C(=O)CCn4cccn4)C3)c(F)c2s1. The first-order chi connectivity index (χ1) is 14.8. The molecular weight excluding hydrogens is 439 g/mol. The van der Waals surface area contributed by atoms with E-state index in [9.17, 15) is 9.59 Å². The van der Waals surface area contributed by atoms with Gasteiger partial charge in [0.25, 0.3) is 5.91 Å². The largest absolute Gasteiger partial charge is 0.344 e. The Morgan fingerprint density at radius 2 is 2.13 bits per heavy atom. The number of halogens is 2. The smallest absolute Gasteiger partial charge is 0.263 e. The molecule has 1 aromatic carbocycles. The lowest BCUT2D eigenvalue weighted by Gasteiger charge is -2.28. The summed E-state index contributed by atoms with van der Waals surface area (Å²) in [5.74, 6) is -0.591. The number of carbonyl (C=O) groups excluding carboxylic acids is 2. The van der Waals surface area contributed by atoms with Crippen LogP contribution in [0.25, 0.3) is 15.7 Å². The first-order valence-corrected chi connectivity index (χ1v) is 11.1. The molecule has 6 nitrogen and oxygen atoms in total. The van der Waals surface area contributed by atoms with Crippen LogP contribution >= 0.6 is 22.9 Å². The van der Waals surface area contributed by atoms with E-state index in [-0.39, 0.29) is 11.8 Å². The maximum atomic E-state index is 15.4. The first-order valence-electron chi connectivity index (χ1n) is 9.93. The summed E-state index contributed by atoms with van der Waals surface area (Å²) in [6.45, 7) is 1.43. The molecule has 0 radical (unpaired) electrons. The minimum atomic E-state index is -0.403. The van der Waals surface area contributed by atoms with Gasteiger partial charge in [0.2, 0.25) is 5.91 Å². The van der Waals surface area contributed by atoms with Gasteiger partial charge < -0.3 is 9.80 Å². The van der Waals surface area contributed by atoms with E-state index < -0.39 is 5.82 Å². The summed E-state index contributed by atoms with van der Waals surface area (Å²) in [7, 11) is 3.31. The van der Waals surface area contributed by atoms with Crippen molar-refractivity contribution in [2.45, 2.75) is 19.4 Å². The Hall–Kier alpha value is -2.71. The van der Waals surface area contributed by atoms with Crippen LogP contribution in [0.15, 0.2) is 36.7 Å². The molecule has 31 heavy (non-hydrogen) atoms. The van der Waals surface area contributed by atoms with Crippen molar-refractivity contribution in [3.63, 3.8) is 0 Å². The second-order valence-corrected chi connectivity index (χ2v) is 9.08. The summed E-state index contributed by atoms with van der Waals surface area (Å²) in [6, 6.07) is 5.05. The highest BCUT2D eigenvalue weighted by atomic mass is 35.5. The van der Waals surface area contributed by atoms with Gasteiger partial charge in [0.15, 0.2) is 0 Å². The molecule has 2 amide bonds. The molecule has 9 heteroatoms. The Morgan fingerprint density at radius 1 is 1.32 bits per heavy atom. The number of fused-ring (bicyclic) bond motifs is 1. The van der Waals surface area contributed by atoms with Gasteiger partial charge in [0.05, 0.1) is 14.6 Å². The molecule has 0 N–H and O–H groups in total. The molecule has 2 aromatic heterocycles. The minimum Gasteiger partial charge on any atom is -0.344 e. The van der Waals surface area contributed by atoms with Gasteiger partial charge in [-0.05, 0) is 30.2 Å². The number of benzene rings is 1. The Morgan fingerprint density at radius 3 is 2.84 bits per heavy atom. The van der Waals surface area contributed by atoms with Gasteiger partial charge in [0, 0.05) is 63.5 Å². The highest BCUT2D eigenvalue weighted by Crippen LogP contribution is 2.38. The van der Waals surface area contributed by atoms with Gasteiger partial charge in [-0.3, -0.25) is 14.3 Å².